The van der Waals surface area contributed by atoms with Gasteiger partial charge in [-0.15, -0.1) is 0 Å². The van der Waals surface area contributed by atoms with Gasteiger partial charge < -0.3 is 10.6 Å². The molecule has 1 aromatic carbocycles. The van der Waals surface area contributed by atoms with Gasteiger partial charge in [0.05, 0.1) is 0 Å². The van der Waals surface area contributed by atoms with Crippen molar-refractivity contribution in [1.29, 1.82) is 0 Å². The maximum absolute atomic E-state index is 12.2. The number of rotatable bonds is 4. The third-order valence-electron chi connectivity index (χ3n) is 4.15. The third-order valence-corrected chi connectivity index (χ3v) is 4.15. The lowest BCUT2D eigenvalue weighted by Gasteiger charge is -2.22. The molecule has 0 aliphatic heterocycles. The molecule has 2 amide bonds. The third kappa shape index (κ3) is 3.18. The number of hydrogen-bond acceptors (Lipinski definition) is 2. The number of amides is 2. The normalized spacial score (nSPS) is 16.7. The van der Waals surface area contributed by atoms with Gasteiger partial charge in [-0.2, -0.15) is 0 Å². The van der Waals surface area contributed by atoms with Crippen LogP contribution in [0, 0.1) is 5.41 Å². The van der Waals surface area contributed by atoms with Crippen molar-refractivity contribution >= 4 is 11.8 Å². The van der Waals surface area contributed by atoms with Crippen LogP contribution in [0.3, 0.4) is 0 Å². The number of benzene rings is 1. The van der Waals surface area contributed by atoms with Gasteiger partial charge >= 0.3 is 0 Å². The molecule has 1 aliphatic carbocycles. The second kappa shape index (κ2) is 6.07. The molecule has 0 heterocycles. The van der Waals surface area contributed by atoms with Crippen LogP contribution in [-0.2, 0) is 11.3 Å². The molecule has 20 heavy (non-hydrogen) atoms. The Morgan fingerprint density at radius 1 is 1.15 bits per heavy atom. The predicted molar refractivity (Wildman–Crippen MR) is 78.3 cm³/mol. The molecule has 4 heteroatoms. The average Bonchev–Trinajstić information content (AvgIpc) is 2.92. The SMILES string of the molecule is CNC(=O)c1ccc(CNC(=O)C2(C)CCCC2)cc1. The van der Waals surface area contributed by atoms with Gasteiger partial charge in [0, 0.05) is 24.6 Å². The van der Waals surface area contributed by atoms with Crippen LogP contribution >= 0.6 is 0 Å². The Hall–Kier alpha value is -1.84. The van der Waals surface area contributed by atoms with Crippen molar-refractivity contribution in [1.82, 2.24) is 10.6 Å². The van der Waals surface area contributed by atoms with Crippen LogP contribution in [0.2, 0.25) is 0 Å². The Labute approximate surface area is 119 Å². The molecule has 1 fully saturated rings. The van der Waals surface area contributed by atoms with Crippen LogP contribution in [0.1, 0.15) is 48.5 Å². The summed E-state index contributed by atoms with van der Waals surface area (Å²) in [7, 11) is 1.61. The molecule has 0 spiro atoms. The fraction of sp³-hybridized carbons (Fsp3) is 0.500. The molecule has 0 saturated heterocycles. The first-order valence-electron chi connectivity index (χ1n) is 7.14. The van der Waals surface area contributed by atoms with Crippen LogP contribution in [-0.4, -0.2) is 18.9 Å². The first kappa shape index (κ1) is 14.6. The van der Waals surface area contributed by atoms with E-state index in [2.05, 4.69) is 10.6 Å². The Morgan fingerprint density at radius 2 is 1.75 bits per heavy atom. The Morgan fingerprint density at radius 3 is 2.30 bits per heavy atom. The molecule has 2 rings (SSSR count). The zero-order valence-corrected chi connectivity index (χ0v) is 12.2. The first-order chi connectivity index (χ1) is 9.55. The van der Waals surface area contributed by atoms with Crippen LogP contribution in [0.25, 0.3) is 0 Å². The van der Waals surface area contributed by atoms with Crippen molar-refractivity contribution in [2.45, 2.75) is 39.2 Å². The molecule has 1 saturated carbocycles. The van der Waals surface area contributed by atoms with Gasteiger partial charge in [-0.3, -0.25) is 9.59 Å². The standard InChI is InChI=1S/C16H22N2O2/c1-16(9-3-4-10-16)15(20)18-11-12-5-7-13(8-6-12)14(19)17-2/h5-8H,3-4,9-11H2,1-2H3,(H,17,19)(H,18,20). The highest BCUT2D eigenvalue weighted by atomic mass is 16.2. The van der Waals surface area contributed by atoms with E-state index in [9.17, 15) is 9.59 Å². The number of hydrogen-bond donors (Lipinski definition) is 2. The highest BCUT2D eigenvalue weighted by molar-refractivity contribution is 5.93. The molecule has 0 aromatic heterocycles. The monoisotopic (exact) mass is 274 g/mol. The van der Waals surface area contributed by atoms with Crippen molar-refractivity contribution in [3.8, 4) is 0 Å². The largest absolute Gasteiger partial charge is 0.355 e. The molecular weight excluding hydrogens is 252 g/mol. The van der Waals surface area contributed by atoms with E-state index in [1.165, 1.54) is 0 Å². The van der Waals surface area contributed by atoms with Gasteiger partial charge in [-0.05, 0) is 30.5 Å². The van der Waals surface area contributed by atoms with E-state index in [0.717, 1.165) is 31.2 Å². The second-order valence-corrected chi connectivity index (χ2v) is 5.73. The number of carbonyl (C=O) groups excluding carboxylic acids is 2. The minimum atomic E-state index is -0.192. The maximum Gasteiger partial charge on any atom is 0.251 e. The Balaban J connectivity index is 1.91. The molecule has 4 nitrogen and oxygen atoms in total. The summed E-state index contributed by atoms with van der Waals surface area (Å²) in [4.78, 5) is 23.6. The van der Waals surface area contributed by atoms with E-state index in [4.69, 9.17) is 0 Å². The van der Waals surface area contributed by atoms with Crippen LogP contribution < -0.4 is 10.6 Å². The quantitative estimate of drug-likeness (QED) is 0.884. The summed E-state index contributed by atoms with van der Waals surface area (Å²) in [6.45, 7) is 2.56. The minimum absolute atomic E-state index is 0.0981. The van der Waals surface area contributed by atoms with Crippen molar-refractivity contribution in [2.24, 2.45) is 5.41 Å². The van der Waals surface area contributed by atoms with E-state index >= 15 is 0 Å². The maximum atomic E-state index is 12.2. The summed E-state index contributed by atoms with van der Waals surface area (Å²) < 4.78 is 0. The predicted octanol–water partition coefficient (Wildman–Crippen LogP) is 2.24. The van der Waals surface area contributed by atoms with Crippen LogP contribution in [0.15, 0.2) is 24.3 Å². The summed E-state index contributed by atoms with van der Waals surface area (Å²) in [6, 6.07) is 7.30. The summed E-state index contributed by atoms with van der Waals surface area (Å²) in [5, 5.41) is 5.59. The Kier molecular flexibility index (Phi) is 4.42. The summed E-state index contributed by atoms with van der Waals surface area (Å²) in [5.41, 5.74) is 1.44. The van der Waals surface area contributed by atoms with Crippen LogP contribution in [0.4, 0.5) is 0 Å². The van der Waals surface area contributed by atoms with Gasteiger partial charge in [0.2, 0.25) is 5.91 Å². The topological polar surface area (TPSA) is 58.2 Å². The molecule has 0 radical (unpaired) electrons. The van der Waals surface area contributed by atoms with E-state index in [1.54, 1.807) is 19.2 Å². The second-order valence-electron chi connectivity index (χ2n) is 5.73. The summed E-state index contributed by atoms with van der Waals surface area (Å²) in [5.74, 6) is 0.0458. The first-order valence-corrected chi connectivity index (χ1v) is 7.14. The number of carbonyl (C=O) groups is 2. The fourth-order valence-electron chi connectivity index (χ4n) is 2.70. The molecule has 0 unspecified atom stereocenters. The summed E-state index contributed by atoms with van der Waals surface area (Å²) in [6.07, 6.45) is 4.25. The molecule has 0 atom stereocenters. The molecule has 0 bridgehead atoms. The number of nitrogens with one attached hydrogen (secondary N) is 2. The average molecular weight is 274 g/mol. The van der Waals surface area contributed by atoms with Crippen molar-refractivity contribution < 1.29 is 9.59 Å². The van der Waals surface area contributed by atoms with Crippen molar-refractivity contribution in [3.63, 3.8) is 0 Å². The van der Waals surface area contributed by atoms with Gasteiger partial charge in [-0.1, -0.05) is 31.9 Å². The molecule has 1 aliphatic rings. The fourth-order valence-corrected chi connectivity index (χ4v) is 2.70. The lowest BCUT2D eigenvalue weighted by Crippen LogP contribution is -2.36. The van der Waals surface area contributed by atoms with Gasteiger partial charge in [0.25, 0.3) is 5.91 Å². The smallest absolute Gasteiger partial charge is 0.251 e. The minimum Gasteiger partial charge on any atom is -0.355 e. The van der Waals surface area contributed by atoms with E-state index < -0.39 is 0 Å². The lowest BCUT2D eigenvalue weighted by atomic mass is 9.88. The molecule has 1 aromatic rings. The molecule has 108 valence electrons. The van der Waals surface area contributed by atoms with Crippen molar-refractivity contribution in [3.05, 3.63) is 35.4 Å². The summed E-state index contributed by atoms with van der Waals surface area (Å²) >= 11 is 0. The zero-order valence-electron chi connectivity index (χ0n) is 12.2. The van der Waals surface area contributed by atoms with Gasteiger partial charge in [0.15, 0.2) is 0 Å². The highest BCUT2D eigenvalue weighted by Crippen LogP contribution is 2.37. The molecule has 2 N–H and O–H groups in total. The van der Waals surface area contributed by atoms with Crippen LogP contribution in [0.5, 0.6) is 0 Å². The van der Waals surface area contributed by atoms with E-state index in [1.807, 2.05) is 19.1 Å². The van der Waals surface area contributed by atoms with Crippen molar-refractivity contribution in [2.75, 3.05) is 7.05 Å². The van der Waals surface area contributed by atoms with Gasteiger partial charge in [0.1, 0.15) is 0 Å². The highest BCUT2D eigenvalue weighted by Gasteiger charge is 2.35. The zero-order chi connectivity index (χ0) is 14.6. The Bertz CT molecular complexity index is 488. The van der Waals surface area contributed by atoms with Gasteiger partial charge in [-0.25, -0.2) is 0 Å². The molecular formula is C16H22N2O2. The van der Waals surface area contributed by atoms with E-state index in [0.29, 0.717) is 12.1 Å². The van der Waals surface area contributed by atoms with E-state index in [-0.39, 0.29) is 17.2 Å². The lowest BCUT2D eigenvalue weighted by molar-refractivity contribution is -0.130.